The Hall–Kier alpha value is -2.80. The standard InChI is InChI=1S/C19H15BrN4O2/c20-13-3-4-14-10-16(21-24(14)11-13)19(25)22-7-8-23-15(12-22)5-6-17(23)18-2-1-9-26-18/h1-6,9-11H,7-8,12H2. The number of rotatable bonds is 2. The number of furan rings is 1. The molecule has 0 bridgehead atoms. The molecule has 5 heterocycles. The van der Waals surface area contributed by atoms with E-state index in [1.165, 1.54) is 0 Å². The molecule has 4 aromatic heterocycles. The molecule has 0 saturated carbocycles. The summed E-state index contributed by atoms with van der Waals surface area (Å²) in [4.78, 5) is 14.8. The number of nitrogens with zero attached hydrogens (tertiary/aromatic N) is 4. The first-order valence-corrected chi connectivity index (χ1v) is 9.15. The Kier molecular flexibility index (Phi) is 3.49. The molecule has 0 fully saturated rings. The van der Waals surface area contributed by atoms with Gasteiger partial charge >= 0.3 is 0 Å². The SMILES string of the molecule is O=C(c1cc2ccc(Br)cn2n1)N1CCn2c(ccc2-c2ccco2)C1. The Balaban J connectivity index is 1.42. The van der Waals surface area contributed by atoms with Crippen molar-refractivity contribution in [2.45, 2.75) is 13.1 Å². The fraction of sp³-hybridized carbons (Fsp3) is 0.158. The van der Waals surface area contributed by atoms with Crippen molar-refractivity contribution in [2.75, 3.05) is 6.54 Å². The molecule has 0 aliphatic carbocycles. The summed E-state index contributed by atoms with van der Waals surface area (Å²) in [5.74, 6) is 0.804. The lowest BCUT2D eigenvalue weighted by atomic mass is 10.2. The highest BCUT2D eigenvalue weighted by Gasteiger charge is 2.25. The van der Waals surface area contributed by atoms with E-state index in [0.717, 1.165) is 33.7 Å². The molecule has 0 atom stereocenters. The zero-order chi connectivity index (χ0) is 17.7. The van der Waals surface area contributed by atoms with Crippen LogP contribution >= 0.6 is 15.9 Å². The van der Waals surface area contributed by atoms with E-state index >= 15 is 0 Å². The van der Waals surface area contributed by atoms with Gasteiger partial charge in [-0.3, -0.25) is 4.79 Å². The Morgan fingerprint density at radius 2 is 2.08 bits per heavy atom. The zero-order valence-corrected chi connectivity index (χ0v) is 15.4. The van der Waals surface area contributed by atoms with Crippen LogP contribution in [0.1, 0.15) is 16.2 Å². The van der Waals surface area contributed by atoms with E-state index < -0.39 is 0 Å². The molecule has 7 heteroatoms. The molecule has 4 aromatic rings. The predicted molar refractivity (Wildman–Crippen MR) is 99.8 cm³/mol. The summed E-state index contributed by atoms with van der Waals surface area (Å²) in [6.45, 7) is 1.95. The van der Waals surface area contributed by atoms with Gasteiger partial charge in [-0.25, -0.2) is 4.52 Å². The maximum absolute atomic E-state index is 12.9. The van der Waals surface area contributed by atoms with Crippen molar-refractivity contribution in [3.63, 3.8) is 0 Å². The molecule has 0 radical (unpaired) electrons. The average molecular weight is 411 g/mol. The maximum Gasteiger partial charge on any atom is 0.274 e. The smallest absolute Gasteiger partial charge is 0.274 e. The van der Waals surface area contributed by atoms with Gasteiger partial charge in [0.15, 0.2) is 5.69 Å². The normalized spacial score (nSPS) is 14.0. The minimum absolute atomic E-state index is 0.0446. The third-order valence-corrected chi connectivity index (χ3v) is 5.19. The van der Waals surface area contributed by atoms with Gasteiger partial charge in [0.1, 0.15) is 5.76 Å². The van der Waals surface area contributed by atoms with Crippen molar-refractivity contribution in [3.8, 4) is 11.5 Å². The van der Waals surface area contributed by atoms with E-state index in [-0.39, 0.29) is 5.91 Å². The second-order valence-electron chi connectivity index (χ2n) is 6.31. The maximum atomic E-state index is 12.9. The molecule has 0 saturated heterocycles. The van der Waals surface area contributed by atoms with E-state index in [2.05, 4.69) is 31.7 Å². The minimum Gasteiger partial charge on any atom is -0.463 e. The lowest BCUT2D eigenvalue weighted by Crippen LogP contribution is -2.38. The van der Waals surface area contributed by atoms with E-state index in [1.807, 2.05) is 47.5 Å². The van der Waals surface area contributed by atoms with E-state index in [1.54, 1.807) is 10.8 Å². The summed E-state index contributed by atoms with van der Waals surface area (Å²) in [6.07, 6.45) is 3.53. The monoisotopic (exact) mass is 410 g/mol. The molecule has 1 aliphatic rings. The van der Waals surface area contributed by atoms with Crippen molar-refractivity contribution in [3.05, 3.63) is 70.8 Å². The van der Waals surface area contributed by atoms with Crippen LogP contribution in [0.2, 0.25) is 0 Å². The summed E-state index contributed by atoms with van der Waals surface area (Å²) in [7, 11) is 0. The van der Waals surface area contributed by atoms with Crippen LogP contribution in [0.25, 0.3) is 17.0 Å². The summed E-state index contributed by atoms with van der Waals surface area (Å²) < 4.78 is 10.4. The topological polar surface area (TPSA) is 55.7 Å². The summed E-state index contributed by atoms with van der Waals surface area (Å²) in [5.41, 5.74) is 3.52. The molecular weight excluding hydrogens is 396 g/mol. The molecule has 5 rings (SSSR count). The number of halogens is 1. The van der Waals surface area contributed by atoms with Crippen LogP contribution in [0, 0.1) is 0 Å². The number of fused-ring (bicyclic) bond motifs is 2. The van der Waals surface area contributed by atoms with Crippen LogP contribution in [-0.2, 0) is 13.1 Å². The molecule has 6 nitrogen and oxygen atoms in total. The summed E-state index contributed by atoms with van der Waals surface area (Å²) in [6, 6.07) is 13.6. The quantitative estimate of drug-likeness (QED) is 0.504. The molecule has 0 aromatic carbocycles. The van der Waals surface area contributed by atoms with Gasteiger partial charge in [0.2, 0.25) is 0 Å². The van der Waals surface area contributed by atoms with Crippen LogP contribution in [0.4, 0.5) is 0 Å². The van der Waals surface area contributed by atoms with Crippen LogP contribution in [-0.4, -0.2) is 31.5 Å². The summed E-state index contributed by atoms with van der Waals surface area (Å²) >= 11 is 3.43. The minimum atomic E-state index is -0.0446. The van der Waals surface area contributed by atoms with Gasteiger partial charge in [0.25, 0.3) is 5.91 Å². The highest BCUT2D eigenvalue weighted by molar-refractivity contribution is 9.10. The molecule has 0 N–H and O–H groups in total. The second kappa shape index (κ2) is 5.88. The van der Waals surface area contributed by atoms with E-state index in [9.17, 15) is 4.79 Å². The van der Waals surface area contributed by atoms with Crippen LogP contribution in [0.3, 0.4) is 0 Å². The number of hydrogen-bond donors (Lipinski definition) is 0. The molecule has 1 amide bonds. The molecule has 1 aliphatic heterocycles. The van der Waals surface area contributed by atoms with Gasteiger partial charge in [-0.1, -0.05) is 0 Å². The van der Waals surface area contributed by atoms with Crippen molar-refractivity contribution in [1.29, 1.82) is 0 Å². The van der Waals surface area contributed by atoms with Gasteiger partial charge in [-0.15, -0.1) is 0 Å². The fourth-order valence-electron chi connectivity index (χ4n) is 3.45. The Labute approximate surface area is 157 Å². The van der Waals surface area contributed by atoms with Gasteiger partial charge in [0.05, 0.1) is 24.0 Å². The van der Waals surface area contributed by atoms with Gasteiger partial charge < -0.3 is 13.9 Å². The van der Waals surface area contributed by atoms with Crippen molar-refractivity contribution in [2.24, 2.45) is 0 Å². The first kappa shape index (κ1) is 15.5. The Morgan fingerprint density at radius 3 is 2.92 bits per heavy atom. The van der Waals surface area contributed by atoms with Gasteiger partial charge in [-0.05, 0) is 58.4 Å². The number of carbonyl (C=O) groups excluding carboxylic acids is 1. The largest absolute Gasteiger partial charge is 0.463 e. The highest BCUT2D eigenvalue weighted by Crippen LogP contribution is 2.27. The molecule has 0 spiro atoms. The van der Waals surface area contributed by atoms with Crippen molar-refractivity contribution >= 4 is 27.4 Å². The fourth-order valence-corrected chi connectivity index (χ4v) is 3.77. The molecule has 130 valence electrons. The first-order chi connectivity index (χ1) is 12.7. The third kappa shape index (κ3) is 2.47. The number of pyridine rings is 1. The van der Waals surface area contributed by atoms with Gasteiger partial charge in [0, 0.05) is 29.5 Å². The van der Waals surface area contributed by atoms with Crippen molar-refractivity contribution < 1.29 is 9.21 Å². The number of carbonyl (C=O) groups is 1. The van der Waals surface area contributed by atoms with Crippen molar-refractivity contribution in [1.82, 2.24) is 19.1 Å². The third-order valence-electron chi connectivity index (χ3n) is 4.72. The van der Waals surface area contributed by atoms with E-state index in [4.69, 9.17) is 4.42 Å². The van der Waals surface area contributed by atoms with E-state index in [0.29, 0.717) is 18.8 Å². The van der Waals surface area contributed by atoms with Crippen LogP contribution < -0.4 is 0 Å². The number of hydrogen-bond acceptors (Lipinski definition) is 3. The Bertz CT molecular complexity index is 1110. The summed E-state index contributed by atoms with van der Waals surface area (Å²) in [5, 5.41) is 4.42. The molecule has 0 unspecified atom stereocenters. The second-order valence-corrected chi connectivity index (χ2v) is 7.23. The average Bonchev–Trinajstić information content (AvgIpc) is 3.38. The molecule has 26 heavy (non-hydrogen) atoms. The Morgan fingerprint density at radius 1 is 1.15 bits per heavy atom. The van der Waals surface area contributed by atoms with Crippen LogP contribution in [0.5, 0.6) is 0 Å². The van der Waals surface area contributed by atoms with Gasteiger partial charge in [-0.2, -0.15) is 5.10 Å². The molecular formula is C19H15BrN4O2. The number of amides is 1. The highest BCUT2D eigenvalue weighted by atomic mass is 79.9. The number of aromatic nitrogens is 3. The van der Waals surface area contributed by atoms with Crippen LogP contribution in [0.15, 0.2) is 63.8 Å². The first-order valence-electron chi connectivity index (χ1n) is 8.35. The lowest BCUT2D eigenvalue weighted by molar-refractivity contribution is 0.0705. The zero-order valence-electron chi connectivity index (χ0n) is 13.8. The lowest BCUT2D eigenvalue weighted by Gasteiger charge is -2.29. The predicted octanol–water partition coefficient (Wildman–Crippen LogP) is 3.81.